The first kappa shape index (κ1) is 17.9. The quantitative estimate of drug-likeness (QED) is 0.794. The predicted molar refractivity (Wildman–Crippen MR) is 94.3 cm³/mol. The van der Waals surface area contributed by atoms with Crippen LogP contribution >= 0.6 is 0 Å². The highest BCUT2D eigenvalue weighted by atomic mass is 19.1. The van der Waals surface area contributed by atoms with Crippen LogP contribution in [0.5, 0.6) is 0 Å². The van der Waals surface area contributed by atoms with E-state index < -0.39 is 30.3 Å². The van der Waals surface area contributed by atoms with Gasteiger partial charge in [0.15, 0.2) is 6.61 Å². The Balaban J connectivity index is 1.26. The van der Waals surface area contributed by atoms with Gasteiger partial charge in [-0.05, 0) is 74.5 Å². The lowest BCUT2D eigenvalue weighted by atomic mass is 9.53. The van der Waals surface area contributed by atoms with E-state index in [-0.39, 0.29) is 11.1 Å². The summed E-state index contributed by atoms with van der Waals surface area (Å²) in [5.74, 6) is -0.0459. The summed E-state index contributed by atoms with van der Waals surface area (Å²) in [6.07, 6.45) is 6.73. The monoisotopic (exact) mass is 374 g/mol. The van der Waals surface area contributed by atoms with Gasteiger partial charge in [0.25, 0.3) is 5.91 Å². The zero-order valence-corrected chi connectivity index (χ0v) is 15.0. The summed E-state index contributed by atoms with van der Waals surface area (Å²) >= 11 is 0. The zero-order valence-electron chi connectivity index (χ0n) is 15.0. The number of amides is 3. The van der Waals surface area contributed by atoms with Gasteiger partial charge < -0.3 is 10.1 Å². The number of hydrogen-bond acceptors (Lipinski definition) is 4. The standard InChI is InChI=1S/C20H23FN2O4/c21-16-3-1-2-15(7-16)18(25)27-11-17(24)22-19(26)23-20-8-12-4-13(9-20)6-14(5-12)10-20/h1-3,7,12-14H,4-6,8-11H2,(H2,22,23,24,26). The molecule has 0 spiro atoms. The minimum atomic E-state index is -0.814. The van der Waals surface area contributed by atoms with Gasteiger partial charge in [-0.2, -0.15) is 0 Å². The Kier molecular flexibility index (Phi) is 4.61. The summed E-state index contributed by atoms with van der Waals surface area (Å²) in [6, 6.07) is 4.47. The minimum absolute atomic E-state index is 0.0146. The van der Waals surface area contributed by atoms with Crippen LogP contribution in [0.3, 0.4) is 0 Å². The van der Waals surface area contributed by atoms with Gasteiger partial charge in [-0.25, -0.2) is 14.0 Å². The van der Waals surface area contributed by atoms with Crippen molar-refractivity contribution in [1.29, 1.82) is 0 Å². The minimum Gasteiger partial charge on any atom is -0.452 e. The van der Waals surface area contributed by atoms with E-state index in [9.17, 15) is 18.8 Å². The highest BCUT2D eigenvalue weighted by molar-refractivity contribution is 5.97. The molecule has 0 radical (unpaired) electrons. The third-order valence-corrected chi connectivity index (χ3v) is 6.06. The number of hydrogen-bond donors (Lipinski definition) is 2. The van der Waals surface area contributed by atoms with Gasteiger partial charge in [-0.1, -0.05) is 6.07 Å². The number of imide groups is 1. The van der Waals surface area contributed by atoms with Crippen molar-refractivity contribution in [3.8, 4) is 0 Å². The summed E-state index contributed by atoms with van der Waals surface area (Å²) in [6.45, 7) is -0.594. The molecule has 7 heteroatoms. The molecule has 2 N–H and O–H groups in total. The largest absolute Gasteiger partial charge is 0.452 e. The number of benzene rings is 1. The molecule has 0 aliphatic heterocycles. The molecule has 4 aliphatic carbocycles. The molecule has 4 fully saturated rings. The summed E-state index contributed by atoms with van der Waals surface area (Å²) in [5.41, 5.74) is -0.182. The SMILES string of the molecule is O=C(COC(=O)c1cccc(F)c1)NC(=O)NC12CC3CC(CC(C3)C1)C2. The van der Waals surface area contributed by atoms with Gasteiger partial charge in [-0.15, -0.1) is 0 Å². The number of carbonyl (C=O) groups excluding carboxylic acids is 3. The van der Waals surface area contributed by atoms with Crippen LogP contribution in [0.25, 0.3) is 0 Å². The first-order valence-corrected chi connectivity index (χ1v) is 9.45. The van der Waals surface area contributed by atoms with E-state index in [4.69, 9.17) is 4.74 Å². The number of rotatable bonds is 4. The van der Waals surface area contributed by atoms with E-state index in [0.717, 1.165) is 25.3 Å². The molecule has 0 heterocycles. The van der Waals surface area contributed by atoms with Crippen molar-refractivity contribution < 1.29 is 23.5 Å². The van der Waals surface area contributed by atoms with E-state index >= 15 is 0 Å². The van der Waals surface area contributed by atoms with Crippen molar-refractivity contribution in [3.63, 3.8) is 0 Å². The van der Waals surface area contributed by atoms with Crippen LogP contribution in [0.2, 0.25) is 0 Å². The smallest absolute Gasteiger partial charge is 0.338 e. The molecule has 144 valence electrons. The molecule has 3 amide bonds. The number of carbonyl (C=O) groups is 3. The Bertz CT molecular complexity index is 744. The summed E-state index contributed by atoms with van der Waals surface area (Å²) in [4.78, 5) is 36.0. The fraction of sp³-hybridized carbons (Fsp3) is 0.550. The Labute approximate surface area is 156 Å². The Morgan fingerprint density at radius 1 is 1.07 bits per heavy atom. The Hall–Kier alpha value is -2.44. The maximum absolute atomic E-state index is 13.1. The van der Waals surface area contributed by atoms with Gasteiger partial charge >= 0.3 is 12.0 Å². The van der Waals surface area contributed by atoms with E-state index in [1.165, 1.54) is 37.5 Å². The van der Waals surface area contributed by atoms with Crippen LogP contribution in [0, 0.1) is 23.6 Å². The van der Waals surface area contributed by atoms with E-state index in [2.05, 4.69) is 10.6 Å². The van der Waals surface area contributed by atoms with E-state index in [1.54, 1.807) is 0 Å². The molecule has 4 bridgehead atoms. The van der Waals surface area contributed by atoms with Crippen molar-refractivity contribution in [1.82, 2.24) is 10.6 Å². The van der Waals surface area contributed by atoms with Crippen molar-refractivity contribution in [2.24, 2.45) is 17.8 Å². The number of halogens is 1. The topological polar surface area (TPSA) is 84.5 Å². The Morgan fingerprint density at radius 2 is 1.70 bits per heavy atom. The van der Waals surface area contributed by atoms with Crippen molar-refractivity contribution >= 4 is 17.9 Å². The number of nitrogens with one attached hydrogen (secondary N) is 2. The van der Waals surface area contributed by atoms with Gasteiger partial charge in [-0.3, -0.25) is 10.1 Å². The second-order valence-electron chi connectivity index (χ2n) is 8.29. The summed E-state index contributed by atoms with van der Waals surface area (Å²) < 4.78 is 18.0. The molecule has 0 unspecified atom stereocenters. The highest BCUT2D eigenvalue weighted by Gasteiger charge is 2.51. The van der Waals surface area contributed by atoms with Crippen molar-refractivity contribution in [3.05, 3.63) is 35.6 Å². The number of ether oxygens (including phenoxy) is 1. The number of esters is 1. The second kappa shape index (κ2) is 6.94. The van der Waals surface area contributed by atoms with Crippen LogP contribution < -0.4 is 10.6 Å². The summed E-state index contributed by atoms with van der Waals surface area (Å²) in [7, 11) is 0. The predicted octanol–water partition coefficient (Wildman–Crippen LogP) is 2.78. The number of urea groups is 1. The van der Waals surface area contributed by atoms with Crippen LogP contribution in [0.15, 0.2) is 24.3 Å². The molecule has 1 aromatic carbocycles. The lowest BCUT2D eigenvalue weighted by molar-refractivity contribution is -0.123. The van der Waals surface area contributed by atoms with Crippen LogP contribution in [0.1, 0.15) is 48.9 Å². The highest BCUT2D eigenvalue weighted by Crippen LogP contribution is 2.55. The van der Waals surface area contributed by atoms with Crippen LogP contribution in [-0.2, 0) is 9.53 Å². The molecule has 4 aliphatic rings. The third kappa shape index (κ3) is 3.96. The molecule has 4 saturated carbocycles. The van der Waals surface area contributed by atoms with Crippen LogP contribution in [-0.4, -0.2) is 30.1 Å². The maximum Gasteiger partial charge on any atom is 0.338 e. The van der Waals surface area contributed by atoms with Crippen LogP contribution in [0.4, 0.5) is 9.18 Å². The lowest BCUT2D eigenvalue weighted by Crippen LogP contribution is -2.62. The van der Waals surface area contributed by atoms with E-state index in [0.29, 0.717) is 17.8 Å². The fourth-order valence-corrected chi connectivity index (χ4v) is 5.53. The second-order valence-corrected chi connectivity index (χ2v) is 8.29. The average Bonchev–Trinajstić information content (AvgIpc) is 2.57. The van der Waals surface area contributed by atoms with Gasteiger partial charge in [0.05, 0.1) is 5.56 Å². The fourth-order valence-electron chi connectivity index (χ4n) is 5.53. The molecular weight excluding hydrogens is 351 g/mol. The zero-order chi connectivity index (χ0) is 19.0. The lowest BCUT2D eigenvalue weighted by Gasteiger charge is -2.56. The van der Waals surface area contributed by atoms with Crippen molar-refractivity contribution in [2.75, 3.05) is 6.61 Å². The molecule has 0 saturated heterocycles. The average molecular weight is 374 g/mol. The third-order valence-electron chi connectivity index (χ3n) is 6.06. The maximum atomic E-state index is 13.1. The summed E-state index contributed by atoms with van der Waals surface area (Å²) in [5, 5.41) is 5.25. The van der Waals surface area contributed by atoms with Gasteiger partial charge in [0, 0.05) is 5.54 Å². The molecular formula is C20H23FN2O4. The Morgan fingerprint density at radius 3 is 2.30 bits per heavy atom. The first-order valence-electron chi connectivity index (χ1n) is 9.45. The van der Waals surface area contributed by atoms with Crippen molar-refractivity contribution in [2.45, 2.75) is 44.1 Å². The van der Waals surface area contributed by atoms with Gasteiger partial charge in [0.2, 0.25) is 0 Å². The normalized spacial score (nSPS) is 30.6. The molecule has 0 aromatic heterocycles. The molecule has 27 heavy (non-hydrogen) atoms. The first-order chi connectivity index (χ1) is 12.9. The molecule has 5 rings (SSSR count). The molecule has 1 aromatic rings. The van der Waals surface area contributed by atoms with Gasteiger partial charge in [0.1, 0.15) is 5.82 Å². The molecule has 6 nitrogen and oxygen atoms in total. The molecule has 0 atom stereocenters. The van der Waals surface area contributed by atoms with E-state index in [1.807, 2.05) is 0 Å².